The van der Waals surface area contributed by atoms with E-state index in [2.05, 4.69) is 16.5 Å². The molecule has 0 aliphatic carbocycles. The number of nitrogens with zero attached hydrogens (tertiary/aromatic N) is 3. The number of carboxylic acids is 1. The van der Waals surface area contributed by atoms with E-state index in [0.29, 0.717) is 5.56 Å². The maximum Gasteiger partial charge on any atom is 0.303 e. The molecule has 0 spiro atoms. The molecule has 0 aliphatic rings. The highest BCUT2D eigenvalue weighted by molar-refractivity contribution is 5.81. The van der Waals surface area contributed by atoms with E-state index in [1.54, 1.807) is 23.0 Å². The molecule has 1 atom stereocenters. The van der Waals surface area contributed by atoms with Crippen molar-refractivity contribution in [3.63, 3.8) is 0 Å². The summed E-state index contributed by atoms with van der Waals surface area (Å²) in [5.41, 5.74) is 5.25. The van der Waals surface area contributed by atoms with Crippen LogP contribution in [0.3, 0.4) is 0 Å². The highest BCUT2D eigenvalue weighted by atomic mass is 16.4. The van der Waals surface area contributed by atoms with Crippen LogP contribution in [0.1, 0.15) is 36.8 Å². The number of carboxylic acid groups (broad SMARTS) is 1. The Hall–Kier alpha value is -3.59. The van der Waals surface area contributed by atoms with Crippen molar-refractivity contribution in [3.05, 3.63) is 66.0 Å². The summed E-state index contributed by atoms with van der Waals surface area (Å²) < 4.78 is 1.74. The highest BCUT2D eigenvalue weighted by Crippen LogP contribution is 2.34. The van der Waals surface area contributed by atoms with Crippen LogP contribution in [-0.4, -0.2) is 20.9 Å². The molecule has 1 aromatic heterocycles. The molecule has 28 heavy (non-hydrogen) atoms. The first kappa shape index (κ1) is 19.2. The summed E-state index contributed by atoms with van der Waals surface area (Å²) in [6.07, 6.45) is 4.58. The second-order valence-electron chi connectivity index (χ2n) is 6.72. The number of anilines is 2. The van der Waals surface area contributed by atoms with Gasteiger partial charge in [-0.15, -0.1) is 0 Å². The first-order valence-corrected chi connectivity index (χ1v) is 9.12. The Bertz CT molecular complexity index is 1020. The van der Waals surface area contributed by atoms with Gasteiger partial charge in [-0.3, -0.25) is 9.48 Å². The lowest BCUT2D eigenvalue weighted by Crippen LogP contribution is -2.06. The topological polar surface area (TPSA) is 90.9 Å². The first-order valence-electron chi connectivity index (χ1n) is 9.12. The van der Waals surface area contributed by atoms with Crippen molar-refractivity contribution >= 4 is 17.3 Å². The smallest absolute Gasteiger partial charge is 0.303 e. The van der Waals surface area contributed by atoms with E-state index < -0.39 is 5.97 Å². The molecule has 0 amide bonds. The molecule has 1 unspecified atom stereocenters. The normalized spacial score (nSPS) is 11.6. The Morgan fingerprint density at radius 3 is 2.61 bits per heavy atom. The summed E-state index contributed by atoms with van der Waals surface area (Å²) in [7, 11) is 1.87. The third-order valence-corrected chi connectivity index (χ3v) is 4.74. The van der Waals surface area contributed by atoms with Crippen LogP contribution in [0.25, 0.3) is 11.1 Å². The number of hydrogen-bond donors (Lipinski definition) is 2. The average molecular weight is 374 g/mol. The van der Waals surface area contributed by atoms with E-state index in [-0.39, 0.29) is 12.3 Å². The Morgan fingerprint density at radius 2 is 2.04 bits per heavy atom. The van der Waals surface area contributed by atoms with Gasteiger partial charge in [-0.2, -0.15) is 10.4 Å². The minimum absolute atomic E-state index is 0.0537. The van der Waals surface area contributed by atoms with Crippen LogP contribution in [0.2, 0.25) is 0 Å². The number of benzene rings is 2. The zero-order chi connectivity index (χ0) is 20.1. The van der Waals surface area contributed by atoms with Crippen molar-refractivity contribution in [2.75, 3.05) is 5.32 Å². The van der Waals surface area contributed by atoms with Crippen molar-refractivity contribution in [3.8, 4) is 17.2 Å². The Morgan fingerprint density at radius 1 is 1.29 bits per heavy atom. The number of nitrogens with one attached hydrogen (secondary N) is 1. The van der Waals surface area contributed by atoms with Crippen molar-refractivity contribution in [2.24, 2.45) is 7.05 Å². The van der Waals surface area contributed by atoms with Crippen LogP contribution in [0, 0.1) is 11.3 Å². The fraction of sp³-hybridized carbons (Fsp3) is 0.227. The van der Waals surface area contributed by atoms with Gasteiger partial charge in [0, 0.05) is 35.7 Å². The minimum Gasteiger partial charge on any atom is -0.481 e. The van der Waals surface area contributed by atoms with Crippen LogP contribution < -0.4 is 5.32 Å². The standard InChI is InChI=1S/C22H22N4O2/c1-3-16(11-22(27)28)17-6-9-20(18-13-24-26(2)14-18)21(10-17)25-19-7-4-15(12-23)5-8-19/h4-10,13-14,16,25H,3,11H2,1-2H3,(H,27,28). The predicted molar refractivity (Wildman–Crippen MR) is 108 cm³/mol. The van der Waals surface area contributed by atoms with Gasteiger partial charge < -0.3 is 10.4 Å². The van der Waals surface area contributed by atoms with E-state index in [1.165, 1.54) is 0 Å². The zero-order valence-electron chi connectivity index (χ0n) is 15.9. The molecule has 0 saturated carbocycles. The first-order chi connectivity index (χ1) is 13.5. The molecule has 2 aromatic carbocycles. The number of rotatable bonds is 7. The summed E-state index contributed by atoms with van der Waals surface area (Å²) in [6.45, 7) is 2.00. The van der Waals surface area contributed by atoms with E-state index in [1.807, 2.05) is 50.5 Å². The SMILES string of the molecule is CCC(CC(=O)O)c1ccc(-c2cnn(C)c2)c(Nc2ccc(C#N)cc2)c1. The zero-order valence-corrected chi connectivity index (χ0v) is 15.9. The van der Waals surface area contributed by atoms with Gasteiger partial charge in [0.25, 0.3) is 0 Å². The van der Waals surface area contributed by atoms with Crippen LogP contribution in [0.4, 0.5) is 11.4 Å². The highest BCUT2D eigenvalue weighted by Gasteiger charge is 2.16. The fourth-order valence-electron chi connectivity index (χ4n) is 3.22. The fourth-order valence-corrected chi connectivity index (χ4v) is 3.22. The number of hydrogen-bond acceptors (Lipinski definition) is 4. The van der Waals surface area contributed by atoms with E-state index >= 15 is 0 Å². The largest absolute Gasteiger partial charge is 0.481 e. The van der Waals surface area contributed by atoms with Gasteiger partial charge in [-0.05, 0) is 48.2 Å². The maximum absolute atomic E-state index is 11.2. The number of carbonyl (C=O) groups is 1. The second-order valence-corrected chi connectivity index (χ2v) is 6.72. The molecule has 0 fully saturated rings. The Labute approximate surface area is 164 Å². The molecular weight excluding hydrogens is 352 g/mol. The monoisotopic (exact) mass is 374 g/mol. The summed E-state index contributed by atoms with van der Waals surface area (Å²) in [6, 6.07) is 15.3. The minimum atomic E-state index is -0.801. The van der Waals surface area contributed by atoms with Crippen LogP contribution in [0.15, 0.2) is 54.9 Å². The number of aromatic nitrogens is 2. The van der Waals surface area contributed by atoms with Crippen molar-refractivity contribution in [2.45, 2.75) is 25.7 Å². The quantitative estimate of drug-likeness (QED) is 0.627. The van der Waals surface area contributed by atoms with Crippen LogP contribution >= 0.6 is 0 Å². The summed E-state index contributed by atoms with van der Waals surface area (Å²) in [5, 5.41) is 25.9. The van der Waals surface area contributed by atoms with Gasteiger partial charge in [0.05, 0.1) is 24.3 Å². The van der Waals surface area contributed by atoms with Crippen LogP contribution in [0.5, 0.6) is 0 Å². The van der Waals surface area contributed by atoms with Gasteiger partial charge in [0.1, 0.15) is 0 Å². The molecule has 1 heterocycles. The molecular formula is C22H22N4O2. The molecule has 2 N–H and O–H groups in total. The second kappa shape index (κ2) is 8.40. The van der Waals surface area contributed by atoms with Gasteiger partial charge in [-0.25, -0.2) is 0 Å². The number of aliphatic carboxylic acids is 1. The van der Waals surface area contributed by atoms with E-state index in [0.717, 1.165) is 34.5 Å². The lowest BCUT2D eigenvalue weighted by molar-refractivity contribution is -0.137. The maximum atomic E-state index is 11.2. The number of aryl methyl sites for hydroxylation is 1. The molecule has 6 nitrogen and oxygen atoms in total. The van der Waals surface area contributed by atoms with Gasteiger partial charge in [-0.1, -0.05) is 19.1 Å². The Balaban J connectivity index is 2.02. The van der Waals surface area contributed by atoms with Gasteiger partial charge >= 0.3 is 5.97 Å². The van der Waals surface area contributed by atoms with E-state index in [9.17, 15) is 9.90 Å². The van der Waals surface area contributed by atoms with Crippen molar-refractivity contribution in [1.29, 1.82) is 5.26 Å². The predicted octanol–water partition coefficient (Wildman–Crippen LogP) is 4.67. The summed E-state index contributed by atoms with van der Waals surface area (Å²) in [5.74, 6) is -0.855. The van der Waals surface area contributed by atoms with Crippen molar-refractivity contribution < 1.29 is 9.90 Å². The average Bonchev–Trinajstić information content (AvgIpc) is 3.12. The third kappa shape index (κ3) is 4.38. The number of nitriles is 1. The molecule has 0 radical (unpaired) electrons. The molecule has 0 saturated heterocycles. The molecule has 142 valence electrons. The lowest BCUT2D eigenvalue weighted by Gasteiger charge is -2.18. The third-order valence-electron chi connectivity index (χ3n) is 4.74. The summed E-state index contributed by atoms with van der Waals surface area (Å²) in [4.78, 5) is 11.2. The van der Waals surface area contributed by atoms with E-state index in [4.69, 9.17) is 5.26 Å². The Kier molecular flexibility index (Phi) is 5.75. The van der Waals surface area contributed by atoms with Gasteiger partial charge in [0.15, 0.2) is 0 Å². The van der Waals surface area contributed by atoms with Crippen LogP contribution in [-0.2, 0) is 11.8 Å². The molecule has 3 rings (SSSR count). The molecule has 0 aliphatic heterocycles. The van der Waals surface area contributed by atoms with Crippen molar-refractivity contribution in [1.82, 2.24) is 9.78 Å². The lowest BCUT2D eigenvalue weighted by atomic mass is 9.91. The van der Waals surface area contributed by atoms with Gasteiger partial charge in [0.2, 0.25) is 0 Å². The molecule has 0 bridgehead atoms. The molecule has 3 aromatic rings. The summed E-state index contributed by atoms with van der Waals surface area (Å²) >= 11 is 0. The molecule has 6 heteroatoms.